The maximum absolute atomic E-state index is 10.9. The lowest BCUT2D eigenvalue weighted by Crippen LogP contribution is -2.52. The van der Waals surface area contributed by atoms with Gasteiger partial charge in [-0.25, -0.2) is 4.79 Å². The molecule has 0 aliphatic carbocycles. The van der Waals surface area contributed by atoms with Gasteiger partial charge in [-0.1, -0.05) is 20.3 Å². The van der Waals surface area contributed by atoms with E-state index in [2.05, 4.69) is 4.74 Å². The minimum Gasteiger partial charge on any atom is -0.478 e. The molecule has 0 unspecified atom stereocenters. The average molecular weight is 172 g/mol. The fourth-order valence-corrected chi connectivity index (χ4v) is 1.32. The lowest BCUT2D eigenvalue weighted by atomic mass is 9.83. The Morgan fingerprint density at radius 2 is 2.33 bits per heavy atom. The van der Waals surface area contributed by atoms with E-state index in [4.69, 9.17) is 5.11 Å². The fourth-order valence-electron chi connectivity index (χ4n) is 1.32. The largest absolute Gasteiger partial charge is 0.478 e. The zero-order valence-electron chi connectivity index (χ0n) is 7.11. The van der Waals surface area contributed by atoms with Crippen molar-refractivity contribution in [3.8, 4) is 0 Å². The molecule has 0 amide bonds. The van der Waals surface area contributed by atoms with E-state index in [9.17, 15) is 9.59 Å². The van der Waals surface area contributed by atoms with Crippen molar-refractivity contribution in [1.82, 2.24) is 0 Å². The molecule has 68 valence electrons. The minimum atomic E-state index is -1.04. The topological polar surface area (TPSA) is 63.6 Å². The molecule has 0 spiro atoms. The molecule has 1 fully saturated rings. The quantitative estimate of drug-likeness (QED) is 0.635. The zero-order valence-corrected chi connectivity index (χ0v) is 7.11. The summed E-state index contributed by atoms with van der Waals surface area (Å²) in [4.78, 5) is 21.3. The van der Waals surface area contributed by atoms with E-state index in [1.54, 1.807) is 0 Å². The van der Waals surface area contributed by atoms with Gasteiger partial charge in [0, 0.05) is 0 Å². The maximum atomic E-state index is 10.9. The fraction of sp³-hybridized carbons (Fsp3) is 0.750. The second-order valence-electron chi connectivity index (χ2n) is 3.11. The first kappa shape index (κ1) is 9.03. The molecule has 3 atom stereocenters. The monoisotopic (exact) mass is 172 g/mol. The van der Waals surface area contributed by atoms with Crippen LogP contribution in [0.5, 0.6) is 0 Å². The van der Waals surface area contributed by atoms with Gasteiger partial charge < -0.3 is 9.84 Å². The normalized spacial score (nSPS) is 30.3. The van der Waals surface area contributed by atoms with E-state index in [0.29, 0.717) is 0 Å². The highest BCUT2D eigenvalue weighted by Gasteiger charge is 2.49. The Hall–Kier alpha value is -1.06. The van der Waals surface area contributed by atoms with Crippen LogP contribution in [0.1, 0.15) is 20.3 Å². The Morgan fingerprint density at radius 3 is 2.67 bits per heavy atom. The highest BCUT2D eigenvalue weighted by molar-refractivity contribution is 5.90. The smallest absolute Gasteiger partial charge is 0.345 e. The highest BCUT2D eigenvalue weighted by Crippen LogP contribution is 2.31. The molecular formula is C8H12O4. The van der Waals surface area contributed by atoms with E-state index in [-0.39, 0.29) is 11.9 Å². The molecule has 0 aromatic heterocycles. The summed E-state index contributed by atoms with van der Waals surface area (Å²) in [6.07, 6.45) is -0.115. The minimum absolute atomic E-state index is 0.0901. The maximum Gasteiger partial charge on any atom is 0.345 e. The van der Waals surface area contributed by atoms with Crippen LogP contribution >= 0.6 is 0 Å². The molecule has 0 aromatic carbocycles. The molecular weight excluding hydrogens is 160 g/mol. The third-order valence-electron chi connectivity index (χ3n) is 2.34. The first-order chi connectivity index (χ1) is 5.57. The molecule has 0 saturated carbocycles. The van der Waals surface area contributed by atoms with Crippen LogP contribution in [0.3, 0.4) is 0 Å². The number of hydrogen-bond donors (Lipinski definition) is 1. The van der Waals surface area contributed by atoms with E-state index >= 15 is 0 Å². The number of rotatable bonds is 3. The lowest BCUT2D eigenvalue weighted by Gasteiger charge is -2.35. The van der Waals surface area contributed by atoms with Crippen molar-refractivity contribution >= 4 is 11.9 Å². The van der Waals surface area contributed by atoms with Crippen LogP contribution in [-0.2, 0) is 14.3 Å². The summed E-state index contributed by atoms with van der Waals surface area (Å²) >= 11 is 0. The van der Waals surface area contributed by atoms with Crippen molar-refractivity contribution in [1.29, 1.82) is 0 Å². The number of cyclic esters (lactones) is 1. The van der Waals surface area contributed by atoms with Gasteiger partial charge in [0.25, 0.3) is 0 Å². The Bertz CT molecular complexity index is 211. The van der Waals surface area contributed by atoms with E-state index in [1.807, 2.05) is 13.8 Å². The van der Waals surface area contributed by atoms with Gasteiger partial charge in [-0.2, -0.15) is 0 Å². The number of carbonyl (C=O) groups excluding carboxylic acids is 1. The van der Waals surface area contributed by atoms with Gasteiger partial charge in [-0.05, 0) is 5.92 Å². The van der Waals surface area contributed by atoms with Gasteiger partial charge in [0.1, 0.15) is 5.92 Å². The molecule has 0 bridgehead atoms. The standard InChI is InChI=1S/C8H12O4/c1-3-4(2)5-6(7(9)10)12-8(5)11/h4-6H,3H2,1-2H3,(H,9,10)/t4-,5-,6+/m1/s1. The Morgan fingerprint density at radius 1 is 1.75 bits per heavy atom. The second kappa shape index (κ2) is 3.13. The zero-order chi connectivity index (χ0) is 9.30. The van der Waals surface area contributed by atoms with Gasteiger partial charge in [0.15, 0.2) is 0 Å². The Labute approximate surface area is 70.5 Å². The van der Waals surface area contributed by atoms with Crippen LogP contribution in [0.15, 0.2) is 0 Å². The third kappa shape index (κ3) is 1.29. The molecule has 0 radical (unpaired) electrons. The Balaban J connectivity index is 2.61. The average Bonchev–Trinajstić information content (AvgIpc) is 1.99. The van der Waals surface area contributed by atoms with E-state index in [1.165, 1.54) is 0 Å². The predicted molar refractivity (Wildman–Crippen MR) is 40.5 cm³/mol. The van der Waals surface area contributed by atoms with Crippen molar-refractivity contribution < 1.29 is 19.4 Å². The molecule has 4 heteroatoms. The summed E-state index contributed by atoms with van der Waals surface area (Å²) in [5.41, 5.74) is 0. The van der Waals surface area contributed by atoms with Gasteiger partial charge in [0.2, 0.25) is 6.10 Å². The number of esters is 1. The van der Waals surface area contributed by atoms with Gasteiger partial charge >= 0.3 is 11.9 Å². The van der Waals surface area contributed by atoms with Crippen molar-refractivity contribution in [2.75, 3.05) is 0 Å². The first-order valence-corrected chi connectivity index (χ1v) is 4.01. The summed E-state index contributed by atoms with van der Waals surface area (Å²) in [6.45, 7) is 3.79. The summed E-state index contributed by atoms with van der Waals surface area (Å²) in [6, 6.07) is 0. The van der Waals surface area contributed by atoms with Crippen molar-refractivity contribution in [2.24, 2.45) is 11.8 Å². The molecule has 1 aliphatic rings. The van der Waals surface area contributed by atoms with Crippen LogP contribution in [-0.4, -0.2) is 23.1 Å². The molecule has 1 N–H and O–H groups in total. The number of carboxylic acid groups (broad SMARTS) is 1. The molecule has 1 heterocycles. The molecule has 4 nitrogen and oxygen atoms in total. The lowest BCUT2D eigenvalue weighted by molar-refractivity contribution is -0.200. The second-order valence-corrected chi connectivity index (χ2v) is 3.11. The number of hydrogen-bond acceptors (Lipinski definition) is 3. The number of ether oxygens (including phenoxy) is 1. The summed E-state index contributed by atoms with van der Waals surface area (Å²) in [7, 11) is 0. The van der Waals surface area contributed by atoms with Crippen molar-refractivity contribution in [3.05, 3.63) is 0 Å². The Kier molecular flexibility index (Phi) is 2.35. The molecule has 1 aliphatic heterocycles. The highest BCUT2D eigenvalue weighted by atomic mass is 16.6. The van der Waals surface area contributed by atoms with Crippen molar-refractivity contribution in [3.63, 3.8) is 0 Å². The summed E-state index contributed by atoms with van der Waals surface area (Å²) < 4.78 is 4.50. The van der Waals surface area contributed by atoms with Gasteiger partial charge in [0.05, 0.1) is 0 Å². The predicted octanol–water partition coefficient (Wildman–Crippen LogP) is 0.659. The number of carbonyl (C=O) groups is 2. The van der Waals surface area contributed by atoms with Crippen molar-refractivity contribution in [2.45, 2.75) is 26.4 Å². The number of aliphatic carboxylic acids is 1. The van der Waals surface area contributed by atoms with E-state index in [0.717, 1.165) is 6.42 Å². The first-order valence-electron chi connectivity index (χ1n) is 4.01. The van der Waals surface area contributed by atoms with Crippen LogP contribution in [0, 0.1) is 11.8 Å². The SMILES string of the molecule is CC[C@@H](C)[C@H]1C(=O)O[C@@H]1C(=O)O. The summed E-state index contributed by atoms with van der Waals surface area (Å²) in [5.74, 6) is -1.77. The third-order valence-corrected chi connectivity index (χ3v) is 2.34. The molecule has 12 heavy (non-hydrogen) atoms. The molecule has 1 saturated heterocycles. The van der Waals surface area contributed by atoms with Crippen LogP contribution in [0.25, 0.3) is 0 Å². The summed E-state index contributed by atoms with van der Waals surface area (Å²) in [5, 5.41) is 8.59. The molecule has 1 rings (SSSR count). The van der Waals surface area contributed by atoms with Crippen LogP contribution in [0.2, 0.25) is 0 Å². The number of carboxylic acids is 1. The van der Waals surface area contributed by atoms with Crippen LogP contribution < -0.4 is 0 Å². The van der Waals surface area contributed by atoms with Gasteiger partial charge in [-0.3, -0.25) is 4.79 Å². The molecule has 0 aromatic rings. The van der Waals surface area contributed by atoms with E-state index < -0.39 is 18.0 Å². The van der Waals surface area contributed by atoms with Gasteiger partial charge in [-0.15, -0.1) is 0 Å². The van der Waals surface area contributed by atoms with Crippen LogP contribution in [0.4, 0.5) is 0 Å².